The van der Waals surface area contributed by atoms with Crippen LogP contribution in [0.4, 0.5) is 17.3 Å². The minimum Gasteiger partial charge on any atom is -0.277 e. The molecule has 0 atom stereocenters. The summed E-state index contributed by atoms with van der Waals surface area (Å²) in [7, 11) is 0. The second-order valence-corrected chi connectivity index (χ2v) is 8.18. The van der Waals surface area contributed by atoms with E-state index < -0.39 is 0 Å². The fraction of sp³-hybridized carbons (Fsp3) is 0.0370. The molecule has 0 saturated carbocycles. The smallest absolute Gasteiger partial charge is 0.235 e. The maximum Gasteiger partial charge on any atom is 0.235 e. The first kappa shape index (κ1) is 19.3. The first-order chi connectivity index (χ1) is 15.3. The molecular formula is C27H21N3S. The average molecular weight is 420 g/mol. The SMILES string of the molecule is C=C/C=C\C(=C/C)c1nc(N2c3ccccc3Sc3ccccc32)nc2ccccc12. The third-order valence-electron chi connectivity index (χ3n) is 5.22. The molecule has 0 aliphatic carbocycles. The Balaban J connectivity index is 1.79. The number of hydrogen-bond acceptors (Lipinski definition) is 4. The lowest BCUT2D eigenvalue weighted by atomic mass is 10.1. The maximum absolute atomic E-state index is 5.10. The fourth-order valence-corrected chi connectivity index (χ4v) is 4.85. The van der Waals surface area contributed by atoms with E-state index in [1.54, 1.807) is 17.8 Å². The van der Waals surface area contributed by atoms with Gasteiger partial charge in [0.1, 0.15) is 0 Å². The molecule has 2 heterocycles. The van der Waals surface area contributed by atoms with Crippen LogP contribution in [-0.4, -0.2) is 9.97 Å². The minimum atomic E-state index is 0.667. The van der Waals surface area contributed by atoms with E-state index in [0.29, 0.717) is 5.95 Å². The van der Waals surface area contributed by atoms with Crippen molar-refractivity contribution in [1.29, 1.82) is 0 Å². The highest BCUT2D eigenvalue weighted by atomic mass is 32.2. The molecule has 4 heteroatoms. The van der Waals surface area contributed by atoms with Crippen molar-refractivity contribution in [3.63, 3.8) is 0 Å². The van der Waals surface area contributed by atoms with Crippen LogP contribution in [0.1, 0.15) is 12.6 Å². The minimum absolute atomic E-state index is 0.667. The first-order valence-electron chi connectivity index (χ1n) is 10.2. The van der Waals surface area contributed by atoms with Crippen molar-refractivity contribution in [3.05, 3.63) is 109 Å². The molecule has 150 valence electrons. The van der Waals surface area contributed by atoms with Crippen LogP contribution >= 0.6 is 11.8 Å². The van der Waals surface area contributed by atoms with Gasteiger partial charge in [0.05, 0.1) is 22.6 Å². The number of nitrogens with zero attached hydrogens (tertiary/aromatic N) is 3. The predicted molar refractivity (Wildman–Crippen MR) is 131 cm³/mol. The lowest BCUT2D eigenvalue weighted by Crippen LogP contribution is -2.18. The Hall–Kier alpha value is -3.63. The molecular weight excluding hydrogens is 398 g/mol. The summed E-state index contributed by atoms with van der Waals surface area (Å²) in [5.74, 6) is 0.667. The lowest BCUT2D eigenvalue weighted by Gasteiger charge is -2.31. The van der Waals surface area contributed by atoms with E-state index in [1.165, 1.54) is 9.79 Å². The topological polar surface area (TPSA) is 29.0 Å². The number of anilines is 3. The number of allylic oxidation sites excluding steroid dienone is 5. The molecule has 31 heavy (non-hydrogen) atoms. The van der Waals surface area contributed by atoms with Gasteiger partial charge in [0.2, 0.25) is 5.95 Å². The molecule has 0 amide bonds. The van der Waals surface area contributed by atoms with Crippen LogP contribution in [-0.2, 0) is 0 Å². The van der Waals surface area contributed by atoms with Crippen molar-refractivity contribution in [1.82, 2.24) is 9.97 Å². The summed E-state index contributed by atoms with van der Waals surface area (Å²) in [5, 5.41) is 1.03. The number of fused-ring (bicyclic) bond motifs is 3. The van der Waals surface area contributed by atoms with Crippen LogP contribution in [0.5, 0.6) is 0 Å². The number of hydrogen-bond donors (Lipinski definition) is 0. The van der Waals surface area contributed by atoms with Gasteiger partial charge >= 0.3 is 0 Å². The highest BCUT2D eigenvalue weighted by Crippen LogP contribution is 2.50. The summed E-state index contributed by atoms with van der Waals surface area (Å²) < 4.78 is 0. The second-order valence-electron chi connectivity index (χ2n) is 7.10. The van der Waals surface area contributed by atoms with Crippen LogP contribution in [0.15, 0.2) is 113 Å². The van der Waals surface area contributed by atoms with E-state index in [1.807, 2.05) is 37.3 Å². The summed E-state index contributed by atoms with van der Waals surface area (Å²) in [6.07, 6.45) is 7.84. The van der Waals surface area contributed by atoms with Gasteiger partial charge in [0.25, 0.3) is 0 Å². The van der Waals surface area contributed by atoms with Gasteiger partial charge in [-0.1, -0.05) is 85.1 Å². The highest BCUT2D eigenvalue weighted by Gasteiger charge is 2.27. The summed E-state index contributed by atoms with van der Waals surface area (Å²) >= 11 is 1.78. The van der Waals surface area contributed by atoms with E-state index in [0.717, 1.165) is 33.5 Å². The van der Waals surface area contributed by atoms with E-state index >= 15 is 0 Å². The lowest BCUT2D eigenvalue weighted by molar-refractivity contribution is 1.06. The third-order valence-corrected chi connectivity index (χ3v) is 6.35. The molecule has 1 aliphatic rings. The van der Waals surface area contributed by atoms with E-state index in [4.69, 9.17) is 9.97 Å². The first-order valence-corrected chi connectivity index (χ1v) is 11.0. The van der Waals surface area contributed by atoms with Gasteiger partial charge in [0, 0.05) is 15.2 Å². The molecule has 3 nitrogen and oxygen atoms in total. The third kappa shape index (κ3) is 3.45. The normalized spacial score (nSPS) is 13.3. The van der Waals surface area contributed by atoms with Crippen LogP contribution in [0.3, 0.4) is 0 Å². The maximum atomic E-state index is 5.10. The van der Waals surface area contributed by atoms with Gasteiger partial charge in [-0.3, -0.25) is 4.90 Å². The molecule has 0 saturated heterocycles. The van der Waals surface area contributed by atoms with E-state index in [-0.39, 0.29) is 0 Å². The zero-order chi connectivity index (χ0) is 21.2. The van der Waals surface area contributed by atoms with Crippen LogP contribution in [0.25, 0.3) is 16.5 Å². The van der Waals surface area contributed by atoms with Gasteiger partial charge in [-0.15, -0.1) is 0 Å². The van der Waals surface area contributed by atoms with Crippen molar-refractivity contribution < 1.29 is 0 Å². The largest absolute Gasteiger partial charge is 0.277 e. The Morgan fingerprint density at radius 3 is 2.19 bits per heavy atom. The molecule has 0 unspecified atom stereocenters. The van der Waals surface area contributed by atoms with Crippen LogP contribution in [0.2, 0.25) is 0 Å². The summed E-state index contributed by atoms with van der Waals surface area (Å²) in [6, 6.07) is 25.0. The molecule has 4 aromatic rings. The van der Waals surface area contributed by atoms with Crippen molar-refractivity contribution in [2.45, 2.75) is 16.7 Å². The molecule has 0 spiro atoms. The molecule has 5 rings (SSSR count). The van der Waals surface area contributed by atoms with Gasteiger partial charge in [-0.2, -0.15) is 0 Å². The number of para-hydroxylation sites is 3. The molecule has 0 fully saturated rings. The molecule has 0 N–H and O–H groups in total. The van der Waals surface area contributed by atoms with Crippen LogP contribution < -0.4 is 4.90 Å². The van der Waals surface area contributed by atoms with Gasteiger partial charge in [0.15, 0.2) is 0 Å². The number of rotatable bonds is 4. The average Bonchev–Trinajstić information content (AvgIpc) is 2.82. The Kier molecular flexibility index (Phi) is 5.14. The molecule has 0 radical (unpaired) electrons. The zero-order valence-electron chi connectivity index (χ0n) is 17.2. The Morgan fingerprint density at radius 1 is 0.871 bits per heavy atom. The molecule has 1 aliphatic heterocycles. The van der Waals surface area contributed by atoms with Crippen molar-refractivity contribution in [2.24, 2.45) is 0 Å². The fourth-order valence-electron chi connectivity index (χ4n) is 3.79. The van der Waals surface area contributed by atoms with E-state index in [2.05, 4.69) is 72.2 Å². The molecule has 1 aromatic heterocycles. The zero-order valence-corrected chi connectivity index (χ0v) is 18.0. The quantitative estimate of drug-likeness (QED) is 0.279. The number of aromatic nitrogens is 2. The standard InChI is InChI=1S/C27H21N3S/c1-3-5-12-19(4-2)26-20-13-6-7-14-21(20)28-27(29-26)30-22-15-8-10-17-24(22)31-25-18-11-9-16-23(25)30/h3-18H,1H2,2H3/b12-5-,19-4+. The van der Waals surface area contributed by atoms with E-state index in [9.17, 15) is 0 Å². The summed E-state index contributed by atoms with van der Waals surface area (Å²) in [6.45, 7) is 5.84. The van der Waals surface area contributed by atoms with Gasteiger partial charge in [-0.05, 0) is 42.8 Å². The summed E-state index contributed by atoms with van der Waals surface area (Å²) in [5.41, 5.74) is 5.05. The summed E-state index contributed by atoms with van der Waals surface area (Å²) in [4.78, 5) is 14.6. The number of benzene rings is 3. The Bertz CT molecular complexity index is 1310. The molecule has 0 bridgehead atoms. The van der Waals surface area contributed by atoms with Crippen LogP contribution in [0, 0.1) is 0 Å². The van der Waals surface area contributed by atoms with Gasteiger partial charge in [-0.25, -0.2) is 9.97 Å². The van der Waals surface area contributed by atoms with Crippen molar-refractivity contribution in [2.75, 3.05) is 4.90 Å². The monoisotopic (exact) mass is 419 g/mol. The second kappa shape index (κ2) is 8.25. The van der Waals surface area contributed by atoms with Crippen molar-refractivity contribution in [3.8, 4) is 0 Å². The van der Waals surface area contributed by atoms with Gasteiger partial charge < -0.3 is 0 Å². The Morgan fingerprint density at radius 2 is 1.52 bits per heavy atom. The Labute approximate surface area is 186 Å². The van der Waals surface area contributed by atoms with Crippen molar-refractivity contribution >= 4 is 45.6 Å². The molecule has 3 aromatic carbocycles. The highest BCUT2D eigenvalue weighted by molar-refractivity contribution is 7.99. The predicted octanol–water partition coefficient (Wildman–Crippen LogP) is 7.71.